The lowest BCUT2D eigenvalue weighted by Crippen LogP contribution is -2.22. The van der Waals surface area contributed by atoms with Gasteiger partial charge in [-0.1, -0.05) is 35.0 Å². The summed E-state index contributed by atoms with van der Waals surface area (Å²) >= 11 is 6.14. The molecule has 0 aliphatic carbocycles. The van der Waals surface area contributed by atoms with E-state index in [0.29, 0.717) is 45.8 Å². The molecule has 0 saturated carbocycles. The summed E-state index contributed by atoms with van der Waals surface area (Å²) in [4.78, 5) is 16.8. The van der Waals surface area contributed by atoms with Gasteiger partial charge in [0, 0.05) is 21.7 Å². The van der Waals surface area contributed by atoms with E-state index in [2.05, 4.69) is 15.5 Å². The van der Waals surface area contributed by atoms with Gasteiger partial charge in [0.1, 0.15) is 12.4 Å². The van der Waals surface area contributed by atoms with Crippen LogP contribution in [0.15, 0.2) is 71.3 Å². The largest absolute Gasteiger partial charge is 0.493 e. The second kappa shape index (κ2) is 10.7. The first-order chi connectivity index (χ1) is 16.6. The fourth-order valence-electron chi connectivity index (χ4n) is 3.16. The Labute approximate surface area is 201 Å². The molecule has 0 radical (unpaired) electrons. The highest BCUT2D eigenvalue weighted by atomic mass is 35.5. The lowest BCUT2D eigenvalue weighted by Gasteiger charge is -2.08. The van der Waals surface area contributed by atoms with E-state index >= 15 is 0 Å². The van der Waals surface area contributed by atoms with Crippen molar-refractivity contribution in [1.29, 1.82) is 0 Å². The number of nitrogens with zero attached hydrogens (tertiary/aromatic N) is 2. The van der Waals surface area contributed by atoms with Crippen molar-refractivity contribution in [2.24, 2.45) is 0 Å². The quantitative estimate of drug-likeness (QED) is 0.364. The average Bonchev–Trinajstić information content (AvgIpc) is 3.36. The van der Waals surface area contributed by atoms with Crippen molar-refractivity contribution in [2.45, 2.75) is 13.2 Å². The molecule has 0 saturated heterocycles. The molecule has 0 fully saturated rings. The van der Waals surface area contributed by atoms with Crippen LogP contribution in [-0.2, 0) is 13.2 Å². The molecule has 0 bridgehead atoms. The smallest absolute Gasteiger partial charge is 0.251 e. The van der Waals surface area contributed by atoms with E-state index in [4.69, 9.17) is 30.3 Å². The zero-order valence-electron chi connectivity index (χ0n) is 18.6. The Balaban J connectivity index is 1.32. The summed E-state index contributed by atoms with van der Waals surface area (Å²) < 4.78 is 21.5. The molecule has 0 aliphatic heterocycles. The average molecular weight is 480 g/mol. The first-order valence-electron chi connectivity index (χ1n) is 10.4. The van der Waals surface area contributed by atoms with Gasteiger partial charge in [0.05, 0.1) is 20.8 Å². The summed E-state index contributed by atoms with van der Waals surface area (Å²) in [5, 5.41) is 7.39. The third-order valence-electron chi connectivity index (χ3n) is 4.98. The predicted molar refractivity (Wildman–Crippen MR) is 126 cm³/mol. The molecule has 0 unspecified atom stereocenters. The second-order valence-electron chi connectivity index (χ2n) is 7.17. The molecule has 0 aliphatic rings. The van der Waals surface area contributed by atoms with Crippen LogP contribution >= 0.6 is 11.6 Å². The maximum Gasteiger partial charge on any atom is 0.251 e. The minimum atomic E-state index is -0.275. The Morgan fingerprint density at radius 3 is 2.50 bits per heavy atom. The molecular weight excluding hydrogens is 458 g/mol. The fourth-order valence-corrected chi connectivity index (χ4v) is 3.35. The number of carbonyl (C=O) groups excluding carboxylic acids is 1. The van der Waals surface area contributed by atoms with E-state index in [1.807, 2.05) is 24.3 Å². The molecule has 34 heavy (non-hydrogen) atoms. The monoisotopic (exact) mass is 479 g/mol. The summed E-state index contributed by atoms with van der Waals surface area (Å²) in [6, 6.07) is 19.6. The van der Waals surface area contributed by atoms with Gasteiger partial charge in [0.25, 0.3) is 5.91 Å². The molecule has 8 nitrogen and oxygen atoms in total. The maximum absolute atomic E-state index is 12.5. The van der Waals surface area contributed by atoms with Crippen molar-refractivity contribution >= 4 is 17.5 Å². The highest BCUT2D eigenvalue weighted by Crippen LogP contribution is 2.31. The lowest BCUT2D eigenvalue weighted by molar-refractivity contribution is 0.0946. The number of halogens is 1. The number of amides is 1. The molecule has 9 heteroatoms. The van der Waals surface area contributed by atoms with Gasteiger partial charge in [0.15, 0.2) is 11.5 Å². The van der Waals surface area contributed by atoms with E-state index in [1.165, 1.54) is 0 Å². The number of rotatable bonds is 9. The van der Waals surface area contributed by atoms with Gasteiger partial charge in [-0.05, 0) is 48.5 Å². The maximum atomic E-state index is 12.5. The number of ether oxygens (including phenoxy) is 3. The molecule has 0 atom stereocenters. The number of carbonyl (C=O) groups is 1. The van der Waals surface area contributed by atoms with E-state index < -0.39 is 0 Å². The Kier molecular flexibility index (Phi) is 7.29. The van der Waals surface area contributed by atoms with Crippen LogP contribution in [0.3, 0.4) is 0 Å². The zero-order chi connectivity index (χ0) is 23.9. The predicted octanol–water partition coefficient (Wildman–Crippen LogP) is 4.92. The number of nitrogens with one attached hydrogen (secondary N) is 1. The van der Waals surface area contributed by atoms with Crippen LogP contribution in [-0.4, -0.2) is 30.3 Å². The SMILES string of the molecule is COc1ccc(-c2noc(CNC(=O)c3ccc(OCc4ccccc4Cl)cc3)n2)cc1OC. The molecule has 1 heterocycles. The summed E-state index contributed by atoms with van der Waals surface area (Å²) in [6.07, 6.45) is 0. The van der Waals surface area contributed by atoms with Crippen molar-refractivity contribution in [3.05, 3.63) is 88.8 Å². The standard InChI is InChI=1S/C25H22ClN3O5/c1-31-21-12-9-17(13-22(21)32-2)24-28-23(34-29-24)14-27-25(30)16-7-10-19(11-8-16)33-15-18-5-3-4-6-20(18)26/h3-13H,14-15H2,1-2H3,(H,27,30). The van der Waals surface area contributed by atoms with Gasteiger partial charge in [-0.3, -0.25) is 4.79 Å². The van der Waals surface area contributed by atoms with Crippen LogP contribution in [0, 0.1) is 0 Å². The zero-order valence-corrected chi connectivity index (χ0v) is 19.3. The first-order valence-corrected chi connectivity index (χ1v) is 10.7. The third-order valence-corrected chi connectivity index (χ3v) is 5.35. The summed E-state index contributed by atoms with van der Waals surface area (Å²) in [6.45, 7) is 0.425. The van der Waals surface area contributed by atoms with Crippen LogP contribution < -0.4 is 19.5 Å². The van der Waals surface area contributed by atoms with Crippen molar-refractivity contribution in [2.75, 3.05) is 14.2 Å². The van der Waals surface area contributed by atoms with Gasteiger partial charge in [0.2, 0.25) is 11.7 Å². The Morgan fingerprint density at radius 2 is 1.76 bits per heavy atom. The lowest BCUT2D eigenvalue weighted by atomic mass is 10.2. The molecule has 4 aromatic rings. The molecule has 1 aromatic heterocycles. The van der Waals surface area contributed by atoms with Crippen molar-refractivity contribution in [3.8, 4) is 28.6 Å². The van der Waals surface area contributed by atoms with Crippen LogP contribution in [0.1, 0.15) is 21.8 Å². The molecule has 0 spiro atoms. The Morgan fingerprint density at radius 1 is 1.00 bits per heavy atom. The number of benzene rings is 3. The van der Waals surface area contributed by atoms with E-state index in [1.54, 1.807) is 56.7 Å². The normalized spacial score (nSPS) is 10.6. The Hall–Kier alpha value is -4.04. The molecule has 4 rings (SSSR count). The molecule has 3 aromatic carbocycles. The van der Waals surface area contributed by atoms with E-state index in [-0.39, 0.29) is 18.3 Å². The topological polar surface area (TPSA) is 95.7 Å². The van der Waals surface area contributed by atoms with Crippen molar-refractivity contribution < 1.29 is 23.5 Å². The van der Waals surface area contributed by atoms with Gasteiger partial charge < -0.3 is 24.1 Å². The van der Waals surface area contributed by atoms with Crippen molar-refractivity contribution in [3.63, 3.8) is 0 Å². The summed E-state index contributed by atoms with van der Waals surface area (Å²) in [5.74, 6) is 2.17. The highest BCUT2D eigenvalue weighted by Gasteiger charge is 2.13. The number of hydrogen-bond donors (Lipinski definition) is 1. The van der Waals surface area contributed by atoms with Crippen LogP contribution in [0.2, 0.25) is 5.02 Å². The van der Waals surface area contributed by atoms with Crippen LogP contribution in [0.4, 0.5) is 0 Å². The van der Waals surface area contributed by atoms with Crippen molar-refractivity contribution in [1.82, 2.24) is 15.5 Å². The summed E-state index contributed by atoms with van der Waals surface area (Å²) in [7, 11) is 3.12. The molecule has 174 valence electrons. The minimum Gasteiger partial charge on any atom is -0.493 e. The van der Waals surface area contributed by atoms with Crippen LogP contribution in [0.5, 0.6) is 17.2 Å². The molecule has 1 amide bonds. The molecule has 1 N–H and O–H groups in total. The minimum absolute atomic E-state index is 0.0872. The number of methoxy groups -OCH3 is 2. The van der Waals surface area contributed by atoms with Gasteiger partial charge in [-0.2, -0.15) is 4.98 Å². The van der Waals surface area contributed by atoms with Gasteiger partial charge in [-0.15, -0.1) is 0 Å². The van der Waals surface area contributed by atoms with Gasteiger partial charge >= 0.3 is 0 Å². The number of hydrogen-bond acceptors (Lipinski definition) is 7. The number of aromatic nitrogens is 2. The second-order valence-corrected chi connectivity index (χ2v) is 7.58. The first kappa shape index (κ1) is 23.1. The van der Waals surface area contributed by atoms with Crippen LogP contribution in [0.25, 0.3) is 11.4 Å². The molecular formula is C25H22ClN3O5. The van der Waals surface area contributed by atoms with E-state index in [0.717, 1.165) is 5.56 Å². The summed E-state index contributed by atoms with van der Waals surface area (Å²) in [5.41, 5.74) is 2.06. The van der Waals surface area contributed by atoms with Gasteiger partial charge in [-0.25, -0.2) is 0 Å². The highest BCUT2D eigenvalue weighted by molar-refractivity contribution is 6.31. The van der Waals surface area contributed by atoms with E-state index in [9.17, 15) is 4.79 Å². The fraction of sp³-hybridized carbons (Fsp3) is 0.160. The Bertz CT molecular complexity index is 1270. The third kappa shape index (κ3) is 5.47.